The predicted octanol–water partition coefficient (Wildman–Crippen LogP) is 7.04. The van der Waals surface area contributed by atoms with Crippen LogP contribution in [0.25, 0.3) is 12.2 Å². The zero-order valence-corrected chi connectivity index (χ0v) is 20.8. The molecule has 0 heterocycles. The number of ether oxygens (including phenoxy) is 5. The third-order valence-electron chi connectivity index (χ3n) is 5.60. The van der Waals surface area contributed by atoms with Crippen molar-refractivity contribution in [2.75, 3.05) is 21.3 Å². The second kappa shape index (κ2) is 12.4. The molecule has 0 radical (unpaired) electrons. The van der Waals surface area contributed by atoms with E-state index in [-0.39, 0.29) is 0 Å². The second-order valence-corrected chi connectivity index (χ2v) is 8.05. The molecule has 0 saturated carbocycles. The summed E-state index contributed by atoms with van der Waals surface area (Å²) in [4.78, 5) is 0. The number of rotatable bonds is 11. The summed E-state index contributed by atoms with van der Waals surface area (Å²) in [5.74, 6) is 3.15. The molecule has 0 fully saturated rings. The Kier molecular flexibility index (Phi) is 8.49. The van der Waals surface area contributed by atoms with Crippen LogP contribution in [0, 0.1) is 0 Å². The van der Waals surface area contributed by atoms with Crippen molar-refractivity contribution in [3.63, 3.8) is 0 Å². The Morgan fingerprint density at radius 1 is 0.500 bits per heavy atom. The molecular formula is C31H30O5. The molecule has 0 aliphatic rings. The molecule has 4 aromatic rings. The van der Waals surface area contributed by atoms with Crippen LogP contribution < -0.4 is 23.7 Å². The summed E-state index contributed by atoms with van der Waals surface area (Å²) in [5, 5.41) is 0. The van der Waals surface area contributed by atoms with Crippen molar-refractivity contribution in [2.24, 2.45) is 0 Å². The van der Waals surface area contributed by atoms with E-state index in [9.17, 15) is 0 Å². The lowest BCUT2D eigenvalue weighted by Crippen LogP contribution is -2.01. The van der Waals surface area contributed by atoms with Crippen LogP contribution in [-0.2, 0) is 13.2 Å². The maximum absolute atomic E-state index is 6.19. The van der Waals surface area contributed by atoms with E-state index in [2.05, 4.69) is 0 Å². The molecule has 184 valence electrons. The Balaban J connectivity index is 1.58. The lowest BCUT2D eigenvalue weighted by Gasteiger charge is -2.14. The van der Waals surface area contributed by atoms with Gasteiger partial charge in [0.25, 0.3) is 0 Å². The third-order valence-corrected chi connectivity index (χ3v) is 5.60. The van der Waals surface area contributed by atoms with Crippen LogP contribution in [0.5, 0.6) is 28.7 Å². The summed E-state index contributed by atoms with van der Waals surface area (Å²) in [6.45, 7) is 0.908. The highest BCUT2D eigenvalue weighted by Crippen LogP contribution is 2.39. The molecule has 0 aliphatic carbocycles. The highest BCUT2D eigenvalue weighted by atomic mass is 16.5. The summed E-state index contributed by atoms with van der Waals surface area (Å²) in [6, 6.07) is 29.9. The number of hydrogen-bond donors (Lipinski definition) is 0. The van der Waals surface area contributed by atoms with E-state index in [1.807, 2.05) is 103 Å². The molecule has 4 aromatic carbocycles. The molecule has 0 N–H and O–H groups in total. The van der Waals surface area contributed by atoms with Gasteiger partial charge in [0.1, 0.15) is 13.2 Å². The molecule has 5 nitrogen and oxygen atoms in total. The van der Waals surface area contributed by atoms with E-state index < -0.39 is 0 Å². The van der Waals surface area contributed by atoms with Gasteiger partial charge in [-0.15, -0.1) is 0 Å². The lowest BCUT2D eigenvalue weighted by molar-refractivity contribution is 0.256. The van der Waals surface area contributed by atoms with Gasteiger partial charge < -0.3 is 23.7 Å². The van der Waals surface area contributed by atoms with Gasteiger partial charge in [-0.1, -0.05) is 78.9 Å². The largest absolute Gasteiger partial charge is 0.493 e. The van der Waals surface area contributed by atoms with Crippen molar-refractivity contribution < 1.29 is 23.7 Å². The number of methoxy groups -OCH3 is 3. The van der Waals surface area contributed by atoms with Crippen LogP contribution in [0.4, 0.5) is 0 Å². The van der Waals surface area contributed by atoms with Crippen molar-refractivity contribution in [3.05, 3.63) is 113 Å². The van der Waals surface area contributed by atoms with Gasteiger partial charge in [0.05, 0.1) is 21.3 Å². The average Bonchev–Trinajstić information content (AvgIpc) is 2.94. The monoisotopic (exact) mass is 482 g/mol. The van der Waals surface area contributed by atoms with Crippen LogP contribution in [0.15, 0.2) is 91.0 Å². The van der Waals surface area contributed by atoms with Crippen molar-refractivity contribution >= 4 is 12.2 Å². The molecular weight excluding hydrogens is 452 g/mol. The third kappa shape index (κ3) is 6.39. The van der Waals surface area contributed by atoms with E-state index in [1.54, 1.807) is 21.3 Å². The van der Waals surface area contributed by atoms with E-state index in [1.165, 1.54) is 0 Å². The molecule has 0 aliphatic heterocycles. The lowest BCUT2D eigenvalue weighted by atomic mass is 10.1. The average molecular weight is 483 g/mol. The first kappa shape index (κ1) is 24.7. The summed E-state index contributed by atoms with van der Waals surface area (Å²) in [7, 11) is 4.80. The molecule has 36 heavy (non-hydrogen) atoms. The Morgan fingerprint density at radius 3 is 1.53 bits per heavy atom. The van der Waals surface area contributed by atoms with Crippen molar-refractivity contribution in [1.29, 1.82) is 0 Å². The first-order valence-electron chi connectivity index (χ1n) is 11.7. The van der Waals surface area contributed by atoms with Crippen LogP contribution in [-0.4, -0.2) is 21.3 Å². The van der Waals surface area contributed by atoms with Gasteiger partial charge in [-0.2, -0.15) is 0 Å². The van der Waals surface area contributed by atoms with Gasteiger partial charge >= 0.3 is 0 Å². The molecule has 0 unspecified atom stereocenters. The fourth-order valence-corrected chi connectivity index (χ4v) is 3.72. The van der Waals surface area contributed by atoms with Gasteiger partial charge in [-0.3, -0.25) is 0 Å². The van der Waals surface area contributed by atoms with Crippen molar-refractivity contribution in [2.45, 2.75) is 13.2 Å². The van der Waals surface area contributed by atoms with Crippen LogP contribution in [0.3, 0.4) is 0 Å². The Labute approximate surface area is 212 Å². The molecule has 5 heteroatoms. The first-order valence-corrected chi connectivity index (χ1v) is 11.7. The zero-order chi connectivity index (χ0) is 25.2. The molecule has 0 aromatic heterocycles. The second-order valence-electron chi connectivity index (χ2n) is 8.05. The van der Waals surface area contributed by atoms with Gasteiger partial charge in [-0.25, -0.2) is 0 Å². The van der Waals surface area contributed by atoms with Crippen molar-refractivity contribution in [3.8, 4) is 28.7 Å². The molecule has 0 spiro atoms. The van der Waals surface area contributed by atoms with Crippen LogP contribution in [0.1, 0.15) is 22.3 Å². The molecule has 0 bridgehead atoms. The van der Waals surface area contributed by atoms with Crippen LogP contribution in [0.2, 0.25) is 0 Å². The van der Waals surface area contributed by atoms with E-state index in [4.69, 9.17) is 23.7 Å². The number of hydrogen-bond acceptors (Lipinski definition) is 5. The summed E-state index contributed by atoms with van der Waals surface area (Å²) < 4.78 is 28.7. The number of benzene rings is 4. The molecule has 4 rings (SSSR count). The molecule has 0 saturated heterocycles. The minimum Gasteiger partial charge on any atom is -0.493 e. The van der Waals surface area contributed by atoms with Gasteiger partial charge in [0.15, 0.2) is 23.0 Å². The summed E-state index contributed by atoms with van der Waals surface area (Å²) >= 11 is 0. The Morgan fingerprint density at radius 2 is 1.00 bits per heavy atom. The SMILES string of the molecule is COc1cc(C=Cc2ccc(OCc3ccccc3)c(OCc3ccccc3)c2)cc(OC)c1OC. The standard InChI is InChI=1S/C31H30O5/c1-32-29-19-26(20-30(33-2)31(29)34-3)15-14-23-16-17-27(35-21-24-10-6-4-7-11-24)28(18-23)36-22-25-12-8-5-9-13-25/h4-20H,21-22H2,1-3H3. The minimum absolute atomic E-state index is 0.447. The van der Waals surface area contributed by atoms with Gasteiger partial charge in [0.2, 0.25) is 5.75 Å². The zero-order valence-electron chi connectivity index (χ0n) is 20.8. The normalized spacial score (nSPS) is 10.8. The molecule has 0 atom stereocenters. The van der Waals surface area contributed by atoms with Gasteiger partial charge in [-0.05, 0) is 46.5 Å². The fraction of sp³-hybridized carbons (Fsp3) is 0.161. The first-order chi connectivity index (χ1) is 17.7. The highest BCUT2D eigenvalue weighted by molar-refractivity contribution is 5.73. The topological polar surface area (TPSA) is 46.2 Å². The maximum atomic E-state index is 6.19. The Bertz CT molecular complexity index is 1260. The smallest absolute Gasteiger partial charge is 0.203 e. The van der Waals surface area contributed by atoms with E-state index >= 15 is 0 Å². The summed E-state index contributed by atoms with van der Waals surface area (Å²) in [6.07, 6.45) is 4.00. The highest BCUT2D eigenvalue weighted by Gasteiger charge is 2.12. The molecule has 0 amide bonds. The van der Waals surface area contributed by atoms with Crippen LogP contribution >= 0.6 is 0 Å². The Hall–Kier alpha value is -4.38. The quantitative estimate of drug-likeness (QED) is 0.215. The predicted molar refractivity (Wildman–Crippen MR) is 143 cm³/mol. The van der Waals surface area contributed by atoms with E-state index in [0.29, 0.717) is 42.0 Å². The minimum atomic E-state index is 0.447. The van der Waals surface area contributed by atoms with Crippen molar-refractivity contribution in [1.82, 2.24) is 0 Å². The maximum Gasteiger partial charge on any atom is 0.203 e. The van der Waals surface area contributed by atoms with Gasteiger partial charge in [0, 0.05) is 0 Å². The van der Waals surface area contributed by atoms with E-state index in [0.717, 1.165) is 22.3 Å². The fourth-order valence-electron chi connectivity index (χ4n) is 3.72. The summed E-state index contributed by atoms with van der Waals surface area (Å²) in [5.41, 5.74) is 4.07.